The summed E-state index contributed by atoms with van der Waals surface area (Å²) in [5, 5.41) is 3.07. The van der Waals surface area contributed by atoms with Gasteiger partial charge in [0.15, 0.2) is 0 Å². The normalized spacial score (nSPS) is 14.8. The molecule has 15 heavy (non-hydrogen) atoms. The first kappa shape index (κ1) is 10.5. The van der Waals surface area contributed by atoms with E-state index in [9.17, 15) is 0 Å². The molecule has 0 bridgehead atoms. The van der Waals surface area contributed by atoms with Crippen LogP contribution in [-0.4, -0.2) is 0 Å². The van der Waals surface area contributed by atoms with Crippen molar-refractivity contribution in [2.24, 2.45) is 0 Å². The SMILES string of the molecule is CC1=c2c(C)c(C)c(C)c(C)c2=C(C)C1. The first-order chi connectivity index (χ1) is 6.95. The minimum absolute atomic E-state index is 1.17. The van der Waals surface area contributed by atoms with E-state index in [-0.39, 0.29) is 0 Å². The molecule has 0 amide bonds. The topological polar surface area (TPSA) is 0 Å². The van der Waals surface area contributed by atoms with Gasteiger partial charge in [-0.3, -0.25) is 0 Å². The second-order valence-electron chi connectivity index (χ2n) is 4.99. The van der Waals surface area contributed by atoms with Gasteiger partial charge in [-0.1, -0.05) is 11.1 Å². The number of hydrogen-bond acceptors (Lipinski definition) is 0. The maximum atomic E-state index is 2.27. The summed E-state index contributed by atoms with van der Waals surface area (Å²) in [6.45, 7) is 13.6. The zero-order chi connectivity index (χ0) is 11.3. The van der Waals surface area contributed by atoms with E-state index in [2.05, 4.69) is 41.5 Å². The standard InChI is InChI=1S/C15H20/c1-8-7-9(2)15-13(6)11(4)10(3)12(5)14(8)15/h7H2,1-6H3. The number of fused-ring (bicyclic) bond motifs is 1. The Balaban J connectivity index is 3.14. The van der Waals surface area contributed by atoms with Crippen LogP contribution in [0.15, 0.2) is 0 Å². The minimum Gasteiger partial charge on any atom is -0.0611 e. The summed E-state index contributed by atoms with van der Waals surface area (Å²) in [6.07, 6.45) is 1.17. The molecule has 1 aliphatic rings. The van der Waals surface area contributed by atoms with Gasteiger partial charge in [0.2, 0.25) is 0 Å². The lowest BCUT2D eigenvalue weighted by Gasteiger charge is -2.10. The molecule has 0 aliphatic heterocycles. The molecule has 0 N–H and O–H groups in total. The van der Waals surface area contributed by atoms with Gasteiger partial charge in [-0.25, -0.2) is 0 Å². The average molecular weight is 200 g/mol. The lowest BCUT2D eigenvalue weighted by atomic mass is 9.95. The fourth-order valence-electron chi connectivity index (χ4n) is 2.95. The summed E-state index contributed by atoms with van der Waals surface area (Å²) in [7, 11) is 0. The first-order valence-electron chi connectivity index (χ1n) is 5.71. The molecule has 0 unspecified atom stereocenters. The molecule has 1 aliphatic carbocycles. The largest absolute Gasteiger partial charge is 0.0611 e. The summed E-state index contributed by atoms with van der Waals surface area (Å²) < 4.78 is 0. The van der Waals surface area contributed by atoms with Crippen LogP contribution in [0.1, 0.15) is 42.5 Å². The molecule has 0 aromatic heterocycles. The van der Waals surface area contributed by atoms with Gasteiger partial charge < -0.3 is 0 Å². The lowest BCUT2D eigenvalue weighted by Crippen LogP contribution is -2.31. The maximum Gasteiger partial charge on any atom is -0.00953 e. The van der Waals surface area contributed by atoms with Crippen molar-refractivity contribution in [2.75, 3.05) is 0 Å². The van der Waals surface area contributed by atoms with E-state index in [1.54, 1.807) is 11.1 Å². The molecule has 0 saturated carbocycles. The van der Waals surface area contributed by atoms with E-state index in [0.29, 0.717) is 0 Å². The van der Waals surface area contributed by atoms with Crippen molar-refractivity contribution in [1.29, 1.82) is 0 Å². The van der Waals surface area contributed by atoms with E-state index < -0.39 is 0 Å². The van der Waals surface area contributed by atoms with Crippen molar-refractivity contribution in [3.05, 3.63) is 32.7 Å². The van der Waals surface area contributed by atoms with Crippen molar-refractivity contribution >= 4 is 11.1 Å². The lowest BCUT2D eigenvalue weighted by molar-refractivity contribution is 1.16. The Labute approximate surface area is 92.3 Å². The Bertz CT molecular complexity index is 506. The molecular formula is C15H20. The fraction of sp³-hybridized carbons (Fsp3) is 0.467. The molecule has 2 rings (SSSR count). The Kier molecular flexibility index (Phi) is 2.26. The van der Waals surface area contributed by atoms with Crippen molar-refractivity contribution in [1.82, 2.24) is 0 Å². The average Bonchev–Trinajstić information content (AvgIpc) is 2.47. The van der Waals surface area contributed by atoms with Crippen molar-refractivity contribution in [3.63, 3.8) is 0 Å². The smallest absolute Gasteiger partial charge is 0.00953 e. The van der Waals surface area contributed by atoms with E-state index >= 15 is 0 Å². The van der Waals surface area contributed by atoms with Crippen LogP contribution in [0.4, 0.5) is 0 Å². The van der Waals surface area contributed by atoms with Crippen LogP contribution in [0.2, 0.25) is 0 Å². The summed E-state index contributed by atoms with van der Waals surface area (Å²) >= 11 is 0. The summed E-state index contributed by atoms with van der Waals surface area (Å²) in [5.41, 5.74) is 9.02. The van der Waals surface area contributed by atoms with E-state index in [0.717, 1.165) is 0 Å². The fourth-order valence-corrected chi connectivity index (χ4v) is 2.95. The zero-order valence-electron chi connectivity index (χ0n) is 10.7. The monoisotopic (exact) mass is 200 g/mol. The molecule has 0 spiro atoms. The zero-order valence-corrected chi connectivity index (χ0v) is 10.7. The van der Waals surface area contributed by atoms with Crippen molar-refractivity contribution in [2.45, 2.75) is 48.0 Å². The van der Waals surface area contributed by atoms with E-state index in [1.807, 2.05) is 0 Å². The summed E-state index contributed by atoms with van der Waals surface area (Å²) in [6, 6.07) is 0. The number of benzene rings is 1. The molecule has 1 aromatic rings. The second-order valence-corrected chi connectivity index (χ2v) is 4.99. The molecule has 0 heteroatoms. The molecule has 80 valence electrons. The Morgan fingerprint density at radius 1 is 0.533 bits per heavy atom. The molecule has 1 aromatic carbocycles. The Hall–Kier alpha value is -1.04. The van der Waals surface area contributed by atoms with Crippen LogP contribution < -0.4 is 10.4 Å². The third-order valence-corrected chi connectivity index (χ3v) is 4.07. The van der Waals surface area contributed by atoms with Gasteiger partial charge in [0, 0.05) is 0 Å². The molecular weight excluding hydrogens is 180 g/mol. The van der Waals surface area contributed by atoms with Gasteiger partial charge in [0.25, 0.3) is 0 Å². The Morgan fingerprint density at radius 2 is 0.867 bits per heavy atom. The van der Waals surface area contributed by atoms with Crippen LogP contribution in [0.5, 0.6) is 0 Å². The second kappa shape index (κ2) is 3.23. The van der Waals surface area contributed by atoms with Gasteiger partial charge in [-0.15, -0.1) is 0 Å². The highest BCUT2D eigenvalue weighted by Gasteiger charge is 2.14. The minimum atomic E-state index is 1.17. The maximum absolute atomic E-state index is 2.27. The third kappa shape index (κ3) is 1.27. The predicted octanol–water partition coefficient (Wildman–Crippen LogP) is 2.67. The van der Waals surface area contributed by atoms with Crippen LogP contribution in [0.25, 0.3) is 11.1 Å². The van der Waals surface area contributed by atoms with Crippen molar-refractivity contribution in [3.8, 4) is 0 Å². The number of hydrogen-bond donors (Lipinski definition) is 0. The molecule has 0 nitrogen and oxygen atoms in total. The summed E-state index contributed by atoms with van der Waals surface area (Å²) in [5.74, 6) is 0. The Morgan fingerprint density at radius 3 is 1.20 bits per heavy atom. The highest BCUT2D eigenvalue weighted by Crippen LogP contribution is 2.18. The van der Waals surface area contributed by atoms with Gasteiger partial charge >= 0.3 is 0 Å². The van der Waals surface area contributed by atoms with Crippen molar-refractivity contribution < 1.29 is 0 Å². The quantitative estimate of drug-likeness (QED) is 0.604. The van der Waals surface area contributed by atoms with Gasteiger partial charge in [0.05, 0.1) is 0 Å². The van der Waals surface area contributed by atoms with Gasteiger partial charge in [-0.05, 0) is 80.7 Å². The first-order valence-corrected chi connectivity index (χ1v) is 5.71. The van der Waals surface area contributed by atoms with Crippen LogP contribution in [0, 0.1) is 27.7 Å². The molecule has 0 atom stereocenters. The molecule has 0 heterocycles. The highest BCUT2D eigenvalue weighted by atomic mass is 14.2. The predicted molar refractivity (Wildman–Crippen MR) is 67.4 cm³/mol. The van der Waals surface area contributed by atoms with Gasteiger partial charge in [0.1, 0.15) is 0 Å². The number of rotatable bonds is 0. The van der Waals surface area contributed by atoms with Crippen LogP contribution in [0.3, 0.4) is 0 Å². The van der Waals surface area contributed by atoms with E-state index in [4.69, 9.17) is 0 Å². The highest BCUT2D eigenvalue weighted by molar-refractivity contribution is 5.68. The molecule has 0 saturated heterocycles. The van der Waals surface area contributed by atoms with E-state index in [1.165, 1.54) is 39.1 Å². The summed E-state index contributed by atoms with van der Waals surface area (Å²) in [4.78, 5) is 0. The van der Waals surface area contributed by atoms with Gasteiger partial charge in [-0.2, -0.15) is 0 Å². The molecule has 0 radical (unpaired) electrons. The van der Waals surface area contributed by atoms with Crippen LogP contribution >= 0.6 is 0 Å². The molecule has 0 fully saturated rings. The third-order valence-electron chi connectivity index (χ3n) is 4.07. The van der Waals surface area contributed by atoms with Crippen LogP contribution in [-0.2, 0) is 0 Å².